The minimum absolute atomic E-state index is 0.0998. The smallest absolute Gasteiger partial charge is 0.0780 e. The van der Waals surface area contributed by atoms with Crippen molar-refractivity contribution in [2.24, 2.45) is 0 Å². The molecule has 0 aliphatic carbocycles. The Balaban J connectivity index is 4.11. The molecule has 0 bridgehead atoms. The first-order valence-corrected chi connectivity index (χ1v) is 9.07. The molecule has 0 aromatic heterocycles. The summed E-state index contributed by atoms with van der Waals surface area (Å²) in [4.78, 5) is 2.29. The highest BCUT2D eigenvalue weighted by Crippen LogP contribution is 1.98. The number of hydrogen-bond donors (Lipinski definition) is 0. The maximum Gasteiger partial charge on any atom is 0.0780 e. The second-order valence-electron chi connectivity index (χ2n) is 6.25. The Kier molecular flexibility index (Phi) is 17.0. The van der Waals surface area contributed by atoms with Crippen LogP contribution in [0.5, 0.6) is 0 Å². The van der Waals surface area contributed by atoms with Crippen molar-refractivity contribution >= 4 is 0 Å². The highest BCUT2D eigenvalue weighted by Gasteiger charge is 2.10. The molecule has 0 spiro atoms. The predicted octanol–water partition coefficient (Wildman–Crippen LogP) is 1.44. The van der Waals surface area contributed by atoms with Gasteiger partial charge in [-0.05, 0) is 20.8 Å². The van der Waals surface area contributed by atoms with Crippen LogP contribution >= 0.6 is 0 Å². The van der Waals surface area contributed by atoms with Crippen LogP contribution in [0.3, 0.4) is 0 Å². The summed E-state index contributed by atoms with van der Waals surface area (Å²) in [5.74, 6) is 0. The van der Waals surface area contributed by atoms with Gasteiger partial charge in [0, 0.05) is 41.0 Å². The van der Waals surface area contributed by atoms with E-state index in [1.54, 1.807) is 21.3 Å². The second-order valence-corrected chi connectivity index (χ2v) is 6.25. The Morgan fingerprint density at radius 3 is 1.08 bits per heavy atom. The quantitative estimate of drug-likeness (QED) is 0.364. The zero-order valence-corrected chi connectivity index (χ0v) is 17.0. The summed E-state index contributed by atoms with van der Waals surface area (Å²) in [7, 11) is 5.05. The lowest BCUT2D eigenvalue weighted by molar-refractivity contribution is -0.0277. The first-order valence-electron chi connectivity index (χ1n) is 9.07. The first kappa shape index (κ1) is 24.7. The van der Waals surface area contributed by atoms with Crippen molar-refractivity contribution in [3.8, 4) is 0 Å². The fourth-order valence-electron chi connectivity index (χ4n) is 2.33. The van der Waals surface area contributed by atoms with Crippen LogP contribution in [-0.2, 0) is 28.4 Å². The molecule has 0 heterocycles. The van der Waals surface area contributed by atoms with E-state index in [0.717, 1.165) is 19.6 Å². The van der Waals surface area contributed by atoms with Gasteiger partial charge >= 0.3 is 0 Å². The van der Waals surface area contributed by atoms with Crippen molar-refractivity contribution < 1.29 is 28.4 Å². The molecule has 0 aliphatic rings. The predicted molar refractivity (Wildman–Crippen MR) is 98.3 cm³/mol. The van der Waals surface area contributed by atoms with Crippen molar-refractivity contribution in [3.63, 3.8) is 0 Å². The van der Waals surface area contributed by atoms with E-state index in [0.29, 0.717) is 39.6 Å². The molecule has 0 aromatic carbocycles. The average Bonchev–Trinajstić information content (AvgIpc) is 2.55. The van der Waals surface area contributed by atoms with Crippen LogP contribution in [0.4, 0.5) is 0 Å². The SMILES string of the molecule is COCC(C)OCCN(CCOC(C)COC)CCOC(C)COC. The number of nitrogens with zero attached hydrogens (tertiary/aromatic N) is 1. The Bertz CT molecular complexity index is 239. The minimum atomic E-state index is 0.0998. The van der Waals surface area contributed by atoms with Gasteiger partial charge in [0.2, 0.25) is 0 Å². The van der Waals surface area contributed by atoms with Gasteiger partial charge in [-0.1, -0.05) is 0 Å². The molecule has 0 aromatic rings. The van der Waals surface area contributed by atoms with Gasteiger partial charge in [0.15, 0.2) is 0 Å². The van der Waals surface area contributed by atoms with Crippen LogP contribution in [0.1, 0.15) is 20.8 Å². The number of ether oxygens (including phenoxy) is 6. The molecule has 0 fully saturated rings. The van der Waals surface area contributed by atoms with Gasteiger partial charge in [-0.25, -0.2) is 0 Å². The molecule has 0 N–H and O–H groups in total. The molecule has 0 amide bonds. The third-order valence-electron chi connectivity index (χ3n) is 3.63. The van der Waals surface area contributed by atoms with E-state index in [-0.39, 0.29) is 18.3 Å². The normalized spacial score (nSPS) is 15.5. The topological polar surface area (TPSA) is 58.6 Å². The molecule has 0 saturated heterocycles. The largest absolute Gasteiger partial charge is 0.382 e. The molecule has 7 nitrogen and oxygen atoms in total. The number of hydrogen-bond acceptors (Lipinski definition) is 7. The molecular weight excluding hydrogens is 326 g/mol. The van der Waals surface area contributed by atoms with Crippen LogP contribution in [0, 0.1) is 0 Å². The third-order valence-corrected chi connectivity index (χ3v) is 3.63. The van der Waals surface area contributed by atoms with Crippen LogP contribution in [0.15, 0.2) is 0 Å². The van der Waals surface area contributed by atoms with Gasteiger partial charge in [0.05, 0.1) is 58.0 Å². The van der Waals surface area contributed by atoms with Gasteiger partial charge in [-0.3, -0.25) is 4.90 Å². The lowest BCUT2D eigenvalue weighted by atomic mass is 10.4. The van der Waals surface area contributed by atoms with E-state index < -0.39 is 0 Å². The molecule has 0 radical (unpaired) electrons. The summed E-state index contributed by atoms with van der Waals surface area (Å²) in [6.07, 6.45) is 0.299. The van der Waals surface area contributed by atoms with Crippen LogP contribution < -0.4 is 0 Å². The first-order chi connectivity index (χ1) is 12.0. The maximum absolute atomic E-state index is 5.76. The molecule has 3 unspecified atom stereocenters. The van der Waals surface area contributed by atoms with Crippen LogP contribution in [0.25, 0.3) is 0 Å². The molecular formula is C18H39NO6. The zero-order valence-electron chi connectivity index (χ0n) is 17.0. The van der Waals surface area contributed by atoms with Crippen LogP contribution in [-0.4, -0.2) is 104 Å². The molecule has 152 valence electrons. The Labute approximate surface area is 153 Å². The fourth-order valence-corrected chi connectivity index (χ4v) is 2.33. The summed E-state index contributed by atoms with van der Waals surface area (Å²) < 4.78 is 32.5. The van der Waals surface area contributed by atoms with Crippen molar-refractivity contribution in [1.29, 1.82) is 0 Å². The lowest BCUT2D eigenvalue weighted by Gasteiger charge is -2.24. The van der Waals surface area contributed by atoms with Gasteiger partial charge in [0.25, 0.3) is 0 Å². The molecule has 0 rings (SSSR count). The van der Waals surface area contributed by atoms with Crippen molar-refractivity contribution in [1.82, 2.24) is 4.90 Å². The molecule has 7 heteroatoms. The Hall–Kier alpha value is -0.280. The monoisotopic (exact) mass is 365 g/mol. The van der Waals surface area contributed by atoms with E-state index in [2.05, 4.69) is 4.90 Å². The summed E-state index contributed by atoms with van der Waals surface area (Å²) in [6.45, 7) is 12.3. The summed E-state index contributed by atoms with van der Waals surface area (Å²) in [6, 6.07) is 0. The summed E-state index contributed by atoms with van der Waals surface area (Å²) in [5, 5.41) is 0. The van der Waals surface area contributed by atoms with Crippen molar-refractivity contribution in [3.05, 3.63) is 0 Å². The molecule has 3 atom stereocenters. The molecule has 0 aliphatic heterocycles. The maximum atomic E-state index is 5.76. The van der Waals surface area contributed by atoms with E-state index in [1.165, 1.54) is 0 Å². The molecule has 25 heavy (non-hydrogen) atoms. The van der Waals surface area contributed by atoms with Crippen molar-refractivity contribution in [2.45, 2.75) is 39.1 Å². The van der Waals surface area contributed by atoms with Gasteiger partial charge in [0.1, 0.15) is 0 Å². The standard InChI is InChI=1S/C18H39NO6/c1-16(13-20-4)23-10-7-19(8-11-24-17(2)14-21-5)9-12-25-18(3)15-22-6/h16-18H,7-15H2,1-6H3. The van der Waals surface area contributed by atoms with Gasteiger partial charge in [-0.2, -0.15) is 0 Å². The minimum Gasteiger partial charge on any atom is -0.382 e. The van der Waals surface area contributed by atoms with E-state index in [9.17, 15) is 0 Å². The molecule has 0 saturated carbocycles. The highest BCUT2D eigenvalue weighted by molar-refractivity contribution is 4.60. The van der Waals surface area contributed by atoms with E-state index >= 15 is 0 Å². The third kappa shape index (κ3) is 15.7. The average molecular weight is 366 g/mol. The van der Waals surface area contributed by atoms with Crippen LogP contribution in [0.2, 0.25) is 0 Å². The summed E-state index contributed by atoms with van der Waals surface area (Å²) >= 11 is 0. The Morgan fingerprint density at radius 1 is 0.560 bits per heavy atom. The van der Waals surface area contributed by atoms with E-state index in [4.69, 9.17) is 28.4 Å². The summed E-state index contributed by atoms with van der Waals surface area (Å²) in [5.41, 5.74) is 0. The highest BCUT2D eigenvalue weighted by atomic mass is 16.5. The van der Waals surface area contributed by atoms with E-state index in [1.807, 2.05) is 20.8 Å². The number of methoxy groups -OCH3 is 3. The zero-order chi connectivity index (χ0) is 18.9. The fraction of sp³-hybridized carbons (Fsp3) is 1.00. The van der Waals surface area contributed by atoms with Gasteiger partial charge < -0.3 is 28.4 Å². The number of rotatable bonds is 18. The Morgan fingerprint density at radius 2 is 0.840 bits per heavy atom. The second kappa shape index (κ2) is 17.1. The lowest BCUT2D eigenvalue weighted by Crippen LogP contribution is -2.36. The van der Waals surface area contributed by atoms with Gasteiger partial charge in [-0.15, -0.1) is 0 Å². The van der Waals surface area contributed by atoms with Crippen molar-refractivity contribution in [2.75, 3.05) is 80.6 Å².